The third-order valence-electron chi connectivity index (χ3n) is 2.48. The van der Waals surface area contributed by atoms with E-state index in [-0.39, 0.29) is 11.8 Å². The van der Waals surface area contributed by atoms with Crippen molar-refractivity contribution in [2.24, 2.45) is 0 Å². The first-order valence-electron chi connectivity index (χ1n) is 5.23. The van der Waals surface area contributed by atoms with Crippen molar-refractivity contribution < 1.29 is 13.9 Å². The van der Waals surface area contributed by atoms with Crippen LogP contribution in [0.15, 0.2) is 18.2 Å². The highest BCUT2D eigenvalue weighted by Crippen LogP contribution is 2.27. The highest BCUT2D eigenvalue weighted by molar-refractivity contribution is 5.57. The molecule has 0 radical (unpaired) electrons. The van der Waals surface area contributed by atoms with Gasteiger partial charge in [0.1, 0.15) is 5.82 Å². The summed E-state index contributed by atoms with van der Waals surface area (Å²) in [7, 11) is 0. The fourth-order valence-electron chi connectivity index (χ4n) is 1.56. The molecule has 5 heteroatoms. The van der Waals surface area contributed by atoms with Crippen LogP contribution in [0.4, 0.5) is 8.78 Å². The number of rotatable bonds is 2. The predicted octanol–water partition coefficient (Wildman–Crippen LogP) is 3.18. The van der Waals surface area contributed by atoms with Crippen LogP contribution in [0.1, 0.15) is 25.5 Å². The Labute approximate surface area is 97.1 Å². The zero-order valence-corrected chi connectivity index (χ0v) is 9.46. The van der Waals surface area contributed by atoms with E-state index in [1.165, 1.54) is 6.07 Å². The molecule has 0 bridgehead atoms. The number of aromatic hydroxyl groups is 1. The summed E-state index contributed by atoms with van der Waals surface area (Å²) in [6.45, 7) is 3.78. The van der Waals surface area contributed by atoms with E-state index in [4.69, 9.17) is 0 Å². The van der Waals surface area contributed by atoms with Gasteiger partial charge in [-0.2, -0.15) is 4.98 Å². The molecule has 1 heterocycles. The van der Waals surface area contributed by atoms with Crippen molar-refractivity contribution in [2.75, 3.05) is 0 Å². The summed E-state index contributed by atoms with van der Waals surface area (Å²) in [6.07, 6.45) is 0. The first-order chi connectivity index (χ1) is 7.99. The summed E-state index contributed by atoms with van der Waals surface area (Å²) in [5, 5.41) is 9.58. The van der Waals surface area contributed by atoms with Gasteiger partial charge in [0, 0.05) is 5.56 Å². The Morgan fingerprint density at radius 1 is 1.24 bits per heavy atom. The summed E-state index contributed by atoms with van der Waals surface area (Å²) in [6, 6.07) is 3.47. The van der Waals surface area contributed by atoms with Gasteiger partial charge in [-0.15, -0.1) is 0 Å². The van der Waals surface area contributed by atoms with Crippen molar-refractivity contribution in [1.29, 1.82) is 0 Å². The van der Waals surface area contributed by atoms with Gasteiger partial charge in [-0.25, -0.2) is 8.78 Å². The van der Waals surface area contributed by atoms with E-state index in [2.05, 4.69) is 9.97 Å². The van der Waals surface area contributed by atoms with Gasteiger partial charge in [0.2, 0.25) is 5.88 Å². The molecular formula is C12H12F2N2O. The van der Waals surface area contributed by atoms with E-state index < -0.39 is 11.6 Å². The zero-order chi connectivity index (χ0) is 12.6. The largest absolute Gasteiger partial charge is 0.492 e. The fraction of sp³-hybridized carbons (Fsp3) is 0.250. The molecule has 0 fully saturated rings. The van der Waals surface area contributed by atoms with Gasteiger partial charge in [0.15, 0.2) is 11.6 Å². The molecule has 0 saturated carbocycles. The molecule has 3 nitrogen and oxygen atoms in total. The van der Waals surface area contributed by atoms with E-state index in [0.717, 1.165) is 12.1 Å². The summed E-state index contributed by atoms with van der Waals surface area (Å²) < 4.78 is 25.8. The van der Waals surface area contributed by atoms with Gasteiger partial charge in [-0.1, -0.05) is 13.8 Å². The molecule has 0 aliphatic carbocycles. The average Bonchev–Trinajstić information content (AvgIpc) is 2.64. The second-order valence-corrected chi connectivity index (χ2v) is 4.11. The van der Waals surface area contributed by atoms with Crippen LogP contribution < -0.4 is 0 Å². The van der Waals surface area contributed by atoms with Crippen LogP contribution in [0.2, 0.25) is 0 Å². The molecule has 90 valence electrons. The molecule has 2 N–H and O–H groups in total. The lowest BCUT2D eigenvalue weighted by Gasteiger charge is -2.00. The smallest absolute Gasteiger partial charge is 0.233 e. The number of hydrogen-bond acceptors (Lipinski definition) is 2. The minimum atomic E-state index is -0.940. The molecule has 0 aliphatic heterocycles. The topological polar surface area (TPSA) is 48.9 Å². The number of benzene rings is 1. The van der Waals surface area contributed by atoms with E-state index in [1.807, 2.05) is 13.8 Å². The Bertz CT molecular complexity index is 549. The second kappa shape index (κ2) is 4.16. The van der Waals surface area contributed by atoms with E-state index >= 15 is 0 Å². The minimum absolute atomic E-state index is 0.0709. The molecule has 1 aromatic heterocycles. The molecule has 2 aromatic rings. The van der Waals surface area contributed by atoms with Crippen LogP contribution in [-0.2, 0) is 0 Å². The van der Waals surface area contributed by atoms with Crippen molar-refractivity contribution in [3.05, 3.63) is 35.5 Å². The number of aromatic amines is 1. The number of imidazole rings is 1. The van der Waals surface area contributed by atoms with Crippen LogP contribution >= 0.6 is 0 Å². The number of nitrogens with zero attached hydrogens (tertiary/aromatic N) is 1. The van der Waals surface area contributed by atoms with E-state index in [0.29, 0.717) is 17.1 Å². The van der Waals surface area contributed by atoms with Crippen LogP contribution in [0.3, 0.4) is 0 Å². The number of H-pyrrole nitrogens is 1. The summed E-state index contributed by atoms with van der Waals surface area (Å²) >= 11 is 0. The summed E-state index contributed by atoms with van der Waals surface area (Å²) in [5.41, 5.74) is 0.968. The van der Waals surface area contributed by atoms with Crippen LogP contribution in [0.25, 0.3) is 11.4 Å². The Morgan fingerprint density at radius 3 is 2.47 bits per heavy atom. The molecule has 0 spiro atoms. The van der Waals surface area contributed by atoms with Crippen molar-refractivity contribution in [3.8, 4) is 17.3 Å². The van der Waals surface area contributed by atoms with E-state index in [9.17, 15) is 13.9 Å². The van der Waals surface area contributed by atoms with Crippen LogP contribution in [0, 0.1) is 11.6 Å². The molecule has 0 unspecified atom stereocenters. The molecule has 0 amide bonds. The first-order valence-corrected chi connectivity index (χ1v) is 5.23. The van der Waals surface area contributed by atoms with Gasteiger partial charge in [0.05, 0.1) is 5.69 Å². The number of hydrogen-bond donors (Lipinski definition) is 2. The minimum Gasteiger partial charge on any atom is -0.492 e. The lowest BCUT2D eigenvalue weighted by atomic mass is 10.1. The maximum Gasteiger partial charge on any atom is 0.233 e. The molecule has 0 aliphatic rings. The average molecular weight is 238 g/mol. The first kappa shape index (κ1) is 11.6. The van der Waals surface area contributed by atoms with Crippen molar-refractivity contribution in [1.82, 2.24) is 9.97 Å². The lowest BCUT2D eigenvalue weighted by molar-refractivity contribution is 0.446. The van der Waals surface area contributed by atoms with Gasteiger partial charge in [0.25, 0.3) is 0 Å². The summed E-state index contributed by atoms with van der Waals surface area (Å²) in [4.78, 5) is 6.78. The highest BCUT2D eigenvalue weighted by Gasteiger charge is 2.14. The maximum absolute atomic E-state index is 13.1. The molecule has 0 saturated heterocycles. The van der Waals surface area contributed by atoms with Gasteiger partial charge in [-0.05, 0) is 24.1 Å². The highest BCUT2D eigenvalue weighted by atomic mass is 19.2. The lowest BCUT2D eigenvalue weighted by Crippen LogP contribution is -1.89. The van der Waals surface area contributed by atoms with Gasteiger partial charge >= 0.3 is 0 Å². The Hall–Kier alpha value is -1.91. The molecule has 0 atom stereocenters. The normalized spacial score (nSPS) is 11.1. The molecular weight excluding hydrogens is 226 g/mol. The molecule has 1 aromatic carbocycles. The molecule has 17 heavy (non-hydrogen) atoms. The quantitative estimate of drug-likeness (QED) is 0.844. The second-order valence-electron chi connectivity index (χ2n) is 4.11. The van der Waals surface area contributed by atoms with Gasteiger partial charge < -0.3 is 10.1 Å². The van der Waals surface area contributed by atoms with Crippen LogP contribution in [0.5, 0.6) is 5.88 Å². The maximum atomic E-state index is 13.1. The predicted molar refractivity (Wildman–Crippen MR) is 59.7 cm³/mol. The molecule has 2 rings (SSSR count). The SMILES string of the molecule is CC(C)c1[nH]c(-c2ccc(F)c(F)c2)nc1O. The Morgan fingerprint density at radius 2 is 1.94 bits per heavy atom. The van der Waals surface area contributed by atoms with Gasteiger partial charge in [-0.3, -0.25) is 0 Å². The number of halogens is 2. The number of nitrogens with one attached hydrogen (secondary N) is 1. The monoisotopic (exact) mass is 238 g/mol. The number of aromatic nitrogens is 2. The van der Waals surface area contributed by atoms with E-state index in [1.54, 1.807) is 0 Å². The zero-order valence-electron chi connectivity index (χ0n) is 9.46. The van der Waals surface area contributed by atoms with Crippen molar-refractivity contribution in [3.63, 3.8) is 0 Å². The third kappa shape index (κ3) is 2.13. The van der Waals surface area contributed by atoms with Crippen molar-refractivity contribution in [2.45, 2.75) is 19.8 Å². The standard InChI is InChI=1S/C12H12F2N2O/c1-6(2)10-12(17)16-11(15-10)7-3-4-8(13)9(14)5-7/h3-6,17H,1-2H3,(H,15,16). The van der Waals surface area contributed by atoms with Crippen LogP contribution in [-0.4, -0.2) is 15.1 Å². The summed E-state index contributed by atoms with van der Waals surface area (Å²) in [5.74, 6) is -1.57. The van der Waals surface area contributed by atoms with Crippen molar-refractivity contribution >= 4 is 0 Å². The Kier molecular flexibility index (Phi) is 2.83. The third-order valence-corrected chi connectivity index (χ3v) is 2.48. The Balaban J connectivity index is 2.46. The fourth-order valence-corrected chi connectivity index (χ4v) is 1.56.